The molecule has 0 saturated carbocycles. The minimum atomic E-state index is -1.33. The average Bonchev–Trinajstić information content (AvgIpc) is 2.50. The number of rotatable bonds is 3. The van der Waals surface area contributed by atoms with Gasteiger partial charge in [0, 0.05) is 12.1 Å². The Morgan fingerprint density at radius 1 is 1.38 bits per heavy atom. The first kappa shape index (κ1) is 19.4. The smallest absolute Gasteiger partial charge is 0.479 e. The summed E-state index contributed by atoms with van der Waals surface area (Å²) in [7, 11) is -1.33. The van der Waals surface area contributed by atoms with E-state index in [1.807, 2.05) is 27.7 Å². The van der Waals surface area contributed by atoms with Gasteiger partial charge in [0.05, 0.1) is 0 Å². The largest absolute Gasteiger partial charge is 0.494 e. The lowest BCUT2D eigenvalue weighted by Gasteiger charge is -2.20. The second-order valence-corrected chi connectivity index (χ2v) is 3.61. The molecular weight excluding hydrogens is 278 g/mol. The van der Waals surface area contributed by atoms with Crippen LogP contribution in [0.3, 0.4) is 0 Å². The summed E-state index contributed by atoms with van der Waals surface area (Å²) < 4.78 is 23.6. The molecule has 0 aliphatic carbocycles. The van der Waals surface area contributed by atoms with Gasteiger partial charge in [-0.3, -0.25) is 0 Å². The molecule has 7 heteroatoms. The molecule has 1 aromatic carbocycles. The van der Waals surface area contributed by atoms with Crippen LogP contribution in [0.25, 0.3) is 0 Å². The molecule has 0 saturated heterocycles. The zero-order valence-electron chi connectivity index (χ0n) is 12.9. The first-order valence-electron chi connectivity index (χ1n) is 7.05. The molecular formula is C14H22BFO5. The van der Waals surface area contributed by atoms with E-state index in [2.05, 4.69) is 0 Å². The van der Waals surface area contributed by atoms with Crippen LogP contribution in [0.4, 0.5) is 4.39 Å². The summed E-state index contributed by atoms with van der Waals surface area (Å²) in [6.07, 6.45) is 0.503. The van der Waals surface area contributed by atoms with Crippen LogP contribution in [0.15, 0.2) is 12.1 Å². The third-order valence-electron chi connectivity index (χ3n) is 2.48. The van der Waals surface area contributed by atoms with Crippen LogP contribution in [0.2, 0.25) is 0 Å². The van der Waals surface area contributed by atoms with Crippen LogP contribution in [0.5, 0.6) is 5.75 Å². The Kier molecular flexibility index (Phi) is 9.40. The lowest BCUT2D eigenvalue weighted by Crippen LogP contribution is -2.43. The molecule has 1 aromatic rings. The van der Waals surface area contributed by atoms with Crippen LogP contribution in [-0.2, 0) is 15.9 Å². The number of fused-ring (bicyclic) bond motifs is 1. The third kappa shape index (κ3) is 5.36. The van der Waals surface area contributed by atoms with Gasteiger partial charge in [-0.05, 0) is 18.1 Å². The standard InChI is InChI=1S/C10H10BFO5.2C2H6/c12-10-7(16-5-8(13)14)2-1-6-3-4-17-11(15)9(6)10;2*1-2/h1-2,15H,3-5H2,(H,13,14);2*1-2H3. The number of carboxylic acids is 1. The zero-order valence-corrected chi connectivity index (χ0v) is 12.9. The van der Waals surface area contributed by atoms with Crippen LogP contribution in [-0.4, -0.2) is 36.4 Å². The molecule has 0 bridgehead atoms. The highest BCUT2D eigenvalue weighted by molar-refractivity contribution is 6.61. The predicted octanol–water partition coefficient (Wildman–Crippen LogP) is 1.60. The number of ether oxygens (including phenoxy) is 1. The predicted molar refractivity (Wildman–Crippen MR) is 79.5 cm³/mol. The highest BCUT2D eigenvalue weighted by atomic mass is 19.1. The summed E-state index contributed by atoms with van der Waals surface area (Å²) in [5.41, 5.74) is 0.670. The maximum absolute atomic E-state index is 13.9. The Hall–Kier alpha value is -1.60. The Balaban J connectivity index is 0.000000921. The molecule has 0 unspecified atom stereocenters. The summed E-state index contributed by atoms with van der Waals surface area (Å²) in [5, 5.41) is 17.9. The summed E-state index contributed by atoms with van der Waals surface area (Å²) >= 11 is 0. The fourth-order valence-electron chi connectivity index (χ4n) is 1.71. The molecule has 0 aromatic heterocycles. The van der Waals surface area contributed by atoms with E-state index in [1.54, 1.807) is 6.07 Å². The van der Waals surface area contributed by atoms with Crippen molar-refractivity contribution in [2.45, 2.75) is 34.1 Å². The first-order chi connectivity index (χ1) is 10.1. The van der Waals surface area contributed by atoms with Crippen LogP contribution < -0.4 is 10.2 Å². The Morgan fingerprint density at radius 3 is 2.57 bits per heavy atom. The van der Waals surface area contributed by atoms with Crippen molar-refractivity contribution >= 4 is 18.6 Å². The van der Waals surface area contributed by atoms with Gasteiger partial charge < -0.3 is 19.5 Å². The van der Waals surface area contributed by atoms with Crippen molar-refractivity contribution in [3.63, 3.8) is 0 Å². The van der Waals surface area contributed by atoms with Crippen molar-refractivity contribution in [3.05, 3.63) is 23.5 Å². The summed E-state index contributed by atoms with van der Waals surface area (Å²) in [5.74, 6) is -2.16. The SMILES string of the molecule is CC.CC.O=C(O)COc1ccc2c(c1F)B(O)OCC2. The van der Waals surface area contributed by atoms with Crippen LogP contribution in [0, 0.1) is 5.82 Å². The number of hydrogen-bond donors (Lipinski definition) is 2. The molecule has 21 heavy (non-hydrogen) atoms. The normalized spacial score (nSPS) is 12.2. The minimum absolute atomic E-state index is 0.0270. The number of carboxylic acid groups (broad SMARTS) is 1. The van der Waals surface area contributed by atoms with Crippen molar-refractivity contribution in [2.24, 2.45) is 0 Å². The van der Waals surface area contributed by atoms with E-state index in [9.17, 15) is 14.2 Å². The lowest BCUT2D eigenvalue weighted by atomic mass is 9.73. The van der Waals surface area contributed by atoms with Crippen molar-refractivity contribution in [2.75, 3.05) is 13.2 Å². The summed E-state index contributed by atoms with van der Waals surface area (Å²) in [4.78, 5) is 10.3. The van der Waals surface area contributed by atoms with Crippen molar-refractivity contribution in [1.82, 2.24) is 0 Å². The minimum Gasteiger partial charge on any atom is -0.479 e. The second-order valence-electron chi connectivity index (χ2n) is 3.61. The highest BCUT2D eigenvalue weighted by Crippen LogP contribution is 2.19. The van der Waals surface area contributed by atoms with E-state index in [1.165, 1.54) is 6.07 Å². The second kappa shape index (κ2) is 10.2. The lowest BCUT2D eigenvalue weighted by molar-refractivity contribution is -0.139. The zero-order chi connectivity index (χ0) is 16.4. The van der Waals surface area contributed by atoms with Gasteiger partial charge in [-0.1, -0.05) is 33.8 Å². The maximum atomic E-state index is 13.9. The molecule has 0 atom stereocenters. The number of aliphatic carboxylic acids is 1. The number of hydrogen-bond acceptors (Lipinski definition) is 4. The van der Waals surface area contributed by atoms with E-state index < -0.39 is 25.5 Å². The van der Waals surface area contributed by atoms with Gasteiger partial charge >= 0.3 is 13.1 Å². The highest BCUT2D eigenvalue weighted by Gasteiger charge is 2.30. The quantitative estimate of drug-likeness (QED) is 0.829. The molecule has 1 aliphatic heterocycles. The number of halogens is 1. The van der Waals surface area contributed by atoms with Crippen molar-refractivity contribution < 1.29 is 28.7 Å². The maximum Gasteiger partial charge on any atom is 0.494 e. The summed E-state index contributed by atoms with van der Waals surface area (Å²) in [6.45, 7) is 7.69. The van der Waals surface area contributed by atoms with Crippen molar-refractivity contribution in [3.8, 4) is 5.75 Å². The van der Waals surface area contributed by atoms with Gasteiger partial charge in [-0.2, -0.15) is 0 Å². The third-order valence-corrected chi connectivity index (χ3v) is 2.48. The molecule has 118 valence electrons. The van der Waals surface area contributed by atoms with E-state index in [0.717, 1.165) is 0 Å². The number of carbonyl (C=O) groups is 1. The molecule has 1 aliphatic rings. The van der Waals surface area contributed by atoms with Gasteiger partial charge in [-0.25, -0.2) is 9.18 Å². The van der Waals surface area contributed by atoms with Gasteiger partial charge in [-0.15, -0.1) is 0 Å². The fraction of sp³-hybridized carbons (Fsp3) is 0.500. The van der Waals surface area contributed by atoms with Gasteiger partial charge in [0.1, 0.15) is 0 Å². The van der Waals surface area contributed by atoms with Gasteiger partial charge in [0.2, 0.25) is 0 Å². The Labute approximate surface area is 124 Å². The van der Waals surface area contributed by atoms with E-state index >= 15 is 0 Å². The van der Waals surface area contributed by atoms with Crippen LogP contribution >= 0.6 is 0 Å². The molecule has 5 nitrogen and oxygen atoms in total. The van der Waals surface area contributed by atoms with Crippen LogP contribution in [0.1, 0.15) is 33.3 Å². The number of benzene rings is 1. The topological polar surface area (TPSA) is 76.0 Å². The molecule has 0 radical (unpaired) electrons. The fourth-order valence-corrected chi connectivity index (χ4v) is 1.71. The molecule has 2 N–H and O–H groups in total. The van der Waals surface area contributed by atoms with E-state index in [0.29, 0.717) is 18.6 Å². The molecule has 1 heterocycles. The first-order valence-corrected chi connectivity index (χ1v) is 7.05. The Morgan fingerprint density at radius 2 is 2.00 bits per heavy atom. The van der Waals surface area contributed by atoms with Gasteiger partial charge in [0.25, 0.3) is 0 Å². The van der Waals surface area contributed by atoms with Gasteiger partial charge in [0.15, 0.2) is 18.2 Å². The average molecular weight is 300 g/mol. The molecule has 0 spiro atoms. The molecule has 0 amide bonds. The van der Waals surface area contributed by atoms with E-state index in [4.69, 9.17) is 14.5 Å². The van der Waals surface area contributed by atoms with Crippen molar-refractivity contribution in [1.29, 1.82) is 0 Å². The Bertz CT molecular complexity index is 453. The summed E-state index contributed by atoms with van der Waals surface area (Å²) in [6, 6.07) is 2.95. The molecule has 0 fully saturated rings. The monoisotopic (exact) mass is 300 g/mol. The van der Waals surface area contributed by atoms with E-state index in [-0.39, 0.29) is 11.2 Å². The molecule has 2 rings (SSSR count).